The number of nitrogens with zero attached hydrogens (tertiary/aromatic N) is 4. The lowest BCUT2D eigenvalue weighted by Gasteiger charge is -2.33. The van der Waals surface area contributed by atoms with Crippen molar-refractivity contribution in [2.24, 2.45) is 0 Å². The number of aromatic nitrogens is 2. The van der Waals surface area contributed by atoms with Gasteiger partial charge >= 0.3 is 0 Å². The maximum atomic E-state index is 12.7. The third kappa shape index (κ3) is 7.70. The monoisotopic (exact) mass is 524 g/mol. The van der Waals surface area contributed by atoms with Crippen LogP contribution in [0.3, 0.4) is 0 Å². The first-order valence-electron chi connectivity index (χ1n) is 12.6. The second-order valence-corrected chi connectivity index (χ2v) is 9.42. The molecular formula is C28H36N4O6. The smallest absolute Gasteiger partial charge is 0.248 e. The van der Waals surface area contributed by atoms with Crippen molar-refractivity contribution in [3.8, 4) is 17.2 Å². The molecule has 1 aromatic heterocycles. The van der Waals surface area contributed by atoms with Gasteiger partial charge in [0.2, 0.25) is 5.91 Å². The third-order valence-corrected chi connectivity index (χ3v) is 6.36. The highest BCUT2D eigenvalue weighted by molar-refractivity contribution is 5.77. The van der Waals surface area contributed by atoms with Crippen LogP contribution in [0.4, 0.5) is 0 Å². The average molecular weight is 525 g/mol. The number of rotatable bonds is 12. The Bertz CT molecular complexity index is 1140. The van der Waals surface area contributed by atoms with E-state index < -0.39 is 5.60 Å². The van der Waals surface area contributed by atoms with Crippen molar-refractivity contribution in [3.63, 3.8) is 0 Å². The molecular weight excluding hydrogens is 488 g/mol. The van der Waals surface area contributed by atoms with Crippen LogP contribution in [0.2, 0.25) is 0 Å². The summed E-state index contributed by atoms with van der Waals surface area (Å²) in [6.45, 7) is 3.31. The molecule has 3 aromatic rings. The van der Waals surface area contributed by atoms with E-state index in [9.17, 15) is 9.90 Å². The number of hydrogen-bond acceptors (Lipinski definition) is 8. The summed E-state index contributed by atoms with van der Waals surface area (Å²) < 4.78 is 24.5. The summed E-state index contributed by atoms with van der Waals surface area (Å²) in [5.41, 5.74) is -0.261. The minimum atomic E-state index is -1.27. The van der Waals surface area contributed by atoms with Gasteiger partial charge in [0.15, 0.2) is 11.5 Å². The van der Waals surface area contributed by atoms with E-state index in [4.69, 9.17) is 18.9 Å². The zero-order valence-corrected chi connectivity index (χ0v) is 22.0. The number of benzene rings is 2. The molecule has 0 unspecified atom stereocenters. The maximum Gasteiger partial charge on any atom is 0.248 e. The van der Waals surface area contributed by atoms with Crippen molar-refractivity contribution in [2.75, 3.05) is 60.2 Å². The largest absolute Gasteiger partial charge is 0.493 e. The van der Waals surface area contributed by atoms with Gasteiger partial charge in [-0.1, -0.05) is 24.3 Å². The molecule has 38 heavy (non-hydrogen) atoms. The second kappa shape index (κ2) is 13.3. The predicted molar refractivity (Wildman–Crippen MR) is 141 cm³/mol. The van der Waals surface area contributed by atoms with Crippen LogP contribution in [0.1, 0.15) is 5.56 Å². The van der Waals surface area contributed by atoms with Crippen molar-refractivity contribution < 1.29 is 28.8 Å². The Morgan fingerprint density at radius 1 is 1.05 bits per heavy atom. The maximum absolute atomic E-state index is 12.7. The fourth-order valence-electron chi connectivity index (χ4n) is 4.50. The van der Waals surface area contributed by atoms with Gasteiger partial charge in [-0.2, -0.15) is 0 Å². The van der Waals surface area contributed by atoms with E-state index in [-0.39, 0.29) is 25.7 Å². The van der Waals surface area contributed by atoms with Gasteiger partial charge in [-0.3, -0.25) is 9.69 Å². The highest BCUT2D eigenvalue weighted by atomic mass is 16.5. The number of β-amino-alcohol motifs (C(OH)–C–C–N with tert-alkyl or cyclic N) is 1. The van der Waals surface area contributed by atoms with Crippen LogP contribution in [0.25, 0.3) is 0 Å². The first-order valence-corrected chi connectivity index (χ1v) is 12.6. The molecule has 0 radical (unpaired) electrons. The number of carbonyl (C=O) groups excluding carboxylic acids is 1. The summed E-state index contributed by atoms with van der Waals surface area (Å²) in [6, 6.07) is 15.2. The number of hydrogen-bond donors (Lipinski definition) is 1. The van der Waals surface area contributed by atoms with Gasteiger partial charge in [0.1, 0.15) is 31.2 Å². The molecule has 10 heteroatoms. The first-order chi connectivity index (χ1) is 18.5. The average Bonchev–Trinajstić information content (AvgIpc) is 3.38. The van der Waals surface area contributed by atoms with E-state index in [0.717, 1.165) is 5.56 Å². The van der Waals surface area contributed by atoms with Gasteiger partial charge in [0, 0.05) is 45.7 Å². The summed E-state index contributed by atoms with van der Waals surface area (Å²) in [5.74, 6) is 1.81. The Labute approximate surface area is 223 Å². The SMILES string of the molecule is COCC(=O)N1CCN(Cc2ccc(OCCn3ccnc3)c(OC)c2)C[C@@](O)(COc2ccccc2)C1. The van der Waals surface area contributed by atoms with Crippen LogP contribution in [-0.4, -0.2) is 96.2 Å². The molecule has 1 aliphatic heterocycles. The molecule has 4 rings (SSSR count). The fraction of sp³-hybridized carbons (Fsp3) is 0.429. The summed E-state index contributed by atoms with van der Waals surface area (Å²) in [6.07, 6.45) is 5.38. The number of amides is 1. The Morgan fingerprint density at radius 2 is 1.89 bits per heavy atom. The number of carbonyl (C=O) groups is 1. The number of methoxy groups -OCH3 is 2. The quantitative estimate of drug-likeness (QED) is 0.385. The number of ether oxygens (including phenoxy) is 4. The van der Waals surface area contributed by atoms with Crippen LogP contribution in [0, 0.1) is 0 Å². The Hall–Kier alpha value is -3.60. The van der Waals surface area contributed by atoms with E-state index in [1.54, 1.807) is 24.5 Å². The van der Waals surface area contributed by atoms with Crippen molar-refractivity contribution in [3.05, 3.63) is 72.8 Å². The molecule has 0 spiro atoms. The van der Waals surface area contributed by atoms with E-state index in [1.807, 2.05) is 59.3 Å². The highest BCUT2D eigenvalue weighted by Gasteiger charge is 2.37. The lowest BCUT2D eigenvalue weighted by molar-refractivity contribution is -0.138. The zero-order valence-electron chi connectivity index (χ0n) is 22.0. The molecule has 1 aliphatic rings. The molecule has 204 valence electrons. The number of imidazole rings is 1. The minimum Gasteiger partial charge on any atom is -0.493 e. The summed E-state index contributed by atoms with van der Waals surface area (Å²) in [5, 5.41) is 11.6. The molecule has 2 heterocycles. The van der Waals surface area contributed by atoms with E-state index >= 15 is 0 Å². The van der Waals surface area contributed by atoms with Gasteiger partial charge in [-0.15, -0.1) is 0 Å². The van der Waals surface area contributed by atoms with Gasteiger partial charge in [-0.25, -0.2) is 4.98 Å². The van der Waals surface area contributed by atoms with Crippen LogP contribution < -0.4 is 14.2 Å². The molecule has 2 aromatic carbocycles. The molecule has 1 atom stereocenters. The Morgan fingerprint density at radius 3 is 2.63 bits per heavy atom. The third-order valence-electron chi connectivity index (χ3n) is 6.36. The van der Waals surface area contributed by atoms with Crippen LogP contribution in [0.15, 0.2) is 67.3 Å². The van der Waals surface area contributed by atoms with Crippen molar-refractivity contribution in [1.29, 1.82) is 0 Å². The molecule has 10 nitrogen and oxygen atoms in total. The van der Waals surface area contributed by atoms with Crippen LogP contribution >= 0.6 is 0 Å². The fourth-order valence-corrected chi connectivity index (χ4v) is 4.50. The second-order valence-electron chi connectivity index (χ2n) is 9.42. The van der Waals surface area contributed by atoms with E-state index in [2.05, 4.69) is 9.88 Å². The standard InChI is InChI=1S/C28H36N4O6/c1-35-18-27(33)32-13-12-31(19-28(34,20-32)21-38-24-6-4-3-5-7-24)17-23-8-9-25(26(16-23)36-2)37-15-14-30-11-10-29-22-30/h3-11,16,22,34H,12-15,17-21H2,1-2H3/t28-/m0/s1. The summed E-state index contributed by atoms with van der Waals surface area (Å²) in [7, 11) is 3.11. The lowest BCUT2D eigenvalue weighted by Crippen LogP contribution is -2.52. The molecule has 0 bridgehead atoms. The Balaban J connectivity index is 1.43. The molecule has 1 N–H and O–H groups in total. The molecule has 0 aliphatic carbocycles. The van der Waals surface area contributed by atoms with Gasteiger partial charge in [0.25, 0.3) is 0 Å². The van der Waals surface area contributed by atoms with Crippen molar-refractivity contribution >= 4 is 5.91 Å². The van der Waals surface area contributed by atoms with Gasteiger partial charge in [-0.05, 0) is 29.8 Å². The zero-order chi connectivity index (χ0) is 26.8. The van der Waals surface area contributed by atoms with Crippen molar-refractivity contribution in [2.45, 2.75) is 18.7 Å². The highest BCUT2D eigenvalue weighted by Crippen LogP contribution is 2.29. The van der Waals surface area contributed by atoms with Gasteiger partial charge in [0.05, 0.1) is 26.5 Å². The number of aliphatic hydroxyl groups is 1. The summed E-state index contributed by atoms with van der Waals surface area (Å²) in [4.78, 5) is 20.5. The van der Waals surface area contributed by atoms with E-state index in [0.29, 0.717) is 56.6 Å². The molecule has 1 saturated heterocycles. The van der Waals surface area contributed by atoms with Crippen LogP contribution in [-0.2, 0) is 22.6 Å². The molecule has 1 amide bonds. The normalized spacial score (nSPS) is 18.1. The first kappa shape index (κ1) is 27.4. The van der Waals surface area contributed by atoms with Crippen LogP contribution in [0.5, 0.6) is 17.2 Å². The Kier molecular flexibility index (Phi) is 9.58. The van der Waals surface area contributed by atoms with E-state index in [1.165, 1.54) is 7.11 Å². The predicted octanol–water partition coefficient (Wildman–Crippen LogP) is 2.07. The molecule has 0 saturated carbocycles. The van der Waals surface area contributed by atoms with Crippen molar-refractivity contribution in [1.82, 2.24) is 19.4 Å². The topological polar surface area (TPSA) is 98.5 Å². The minimum absolute atomic E-state index is 0.0326. The summed E-state index contributed by atoms with van der Waals surface area (Å²) >= 11 is 0. The lowest BCUT2D eigenvalue weighted by atomic mass is 10.0. The van der Waals surface area contributed by atoms with Gasteiger partial charge < -0.3 is 33.5 Å². The molecule has 1 fully saturated rings. The number of para-hydroxylation sites is 1.